The van der Waals surface area contributed by atoms with E-state index >= 15 is 0 Å². The van der Waals surface area contributed by atoms with Gasteiger partial charge in [-0.05, 0) is 48.0 Å². The van der Waals surface area contributed by atoms with Gasteiger partial charge in [-0.15, -0.1) is 0 Å². The normalized spacial score (nSPS) is 11.9. The summed E-state index contributed by atoms with van der Waals surface area (Å²) in [5.41, 5.74) is 8.20. The Kier molecular flexibility index (Phi) is 5.10. The number of nitrogens with zero attached hydrogens (tertiary/aromatic N) is 3. The van der Waals surface area contributed by atoms with Crippen LogP contribution in [-0.2, 0) is 0 Å². The molecular formula is C30H19N3S. The molecule has 0 amide bonds. The molecule has 0 aliphatic carbocycles. The Balaban J connectivity index is 1.46. The third kappa shape index (κ3) is 3.53. The summed E-state index contributed by atoms with van der Waals surface area (Å²) in [5.74, 6) is 0. The standard InChI is InChI=1S/C30H19N3S/c31-20-21-17-18-32-25(19-21)23-15-13-22(14-16-23)24-7-1-2-8-26(24)33-27-9-3-5-11-29(27)34-30-12-6-4-10-28(30)33/h1-19H. The van der Waals surface area contributed by atoms with Crippen LogP contribution in [0.15, 0.2) is 125 Å². The molecule has 1 aliphatic rings. The van der Waals surface area contributed by atoms with Crippen molar-refractivity contribution in [1.29, 1.82) is 5.26 Å². The molecule has 0 unspecified atom stereocenters. The SMILES string of the molecule is N#Cc1ccnc(-c2ccc(-c3ccccc3N3c4ccccc4Sc4ccccc43)cc2)c1. The van der Waals surface area contributed by atoms with E-state index in [-0.39, 0.29) is 0 Å². The Bertz CT molecular complexity index is 1500. The largest absolute Gasteiger partial charge is 0.308 e. The highest BCUT2D eigenvalue weighted by molar-refractivity contribution is 7.99. The van der Waals surface area contributed by atoms with Crippen LogP contribution in [0.25, 0.3) is 22.4 Å². The first-order valence-corrected chi connectivity index (χ1v) is 11.9. The van der Waals surface area contributed by atoms with E-state index < -0.39 is 0 Å². The smallest absolute Gasteiger partial charge is 0.0992 e. The van der Waals surface area contributed by atoms with Gasteiger partial charge in [-0.25, -0.2) is 0 Å². The number of nitriles is 1. The zero-order valence-electron chi connectivity index (χ0n) is 18.2. The van der Waals surface area contributed by atoms with Crippen molar-refractivity contribution in [2.24, 2.45) is 0 Å². The number of para-hydroxylation sites is 3. The number of rotatable bonds is 3. The second kappa shape index (κ2) is 8.55. The van der Waals surface area contributed by atoms with Crippen molar-refractivity contribution in [2.75, 3.05) is 4.90 Å². The molecule has 0 fully saturated rings. The lowest BCUT2D eigenvalue weighted by Crippen LogP contribution is -2.15. The second-order valence-corrected chi connectivity index (χ2v) is 9.09. The van der Waals surface area contributed by atoms with E-state index in [4.69, 9.17) is 0 Å². The van der Waals surface area contributed by atoms with Crippen LogP contribution in [0.2, 0.25) is 0 Å². The lowest BCUT2D eigenvalue weighted by Gasteiger charge is -2.34. The predicted molar refractivity (Wildman–Crippen MR) is 139 cm³/mol. The van der Waals surface area contributed by atoms with Crippen molar-refractivity contribution in [3.05, 3.63) is 121 Å². The van der Waals surface area contributed by atoms with Gasteiger partial charge in [-0.2, -0.15) is 5.26 Å². The number of benzene rings is 4. The fourth-order valence-corrected chi connectivity index (χ4v) is 5.41. The van der Waals surface area contributed by atoms with Gasteiger partial charge in [-0.1, -0.05) is 78.5 Å². The zero-order chi connectivity index (χ0) is 22.9. The minimum atomic E-state index is 0.611. The van der Waals surface area contributed by atoms with Gasteiger partial charge in [0.05, 0.1) is 34.4 Å². The molecule has 0 N–H and O–H groups in total. The summed E-state index contributed by atoms with van der Waals surface area (Å²) in [6, 6.07) is 39.8. The van der Waals surface area contributed by atoms with Gasteiger partial charge < -0.3 is 4.90 Å². The number of pyridine rings is 1. The summed E-state index contributed by atoms with van der Waals surface area (Å²) in [6.07, 6.45) is 1.68. The molecule has 2 heterocycles. The minimum Gasteiger partial charge on any atom is -0.308 e. The van der Waals surface area contributed by atoms with Crippen LogP contribution in [0.3, 0.4) is 0 Å². The first-order chi connectivity index (χ1) is 16.8. The molecule has 3 nitrogen and oxygen atoms in total. The first-order valence-electron chi connectivity index (χ1n) is 11.0. The molecule has 4 heteroatoms. The van der Waals surface area contributed by atoms with Crippen LogP contribution >= 0.6 is 11.8 Å². The zero-order valence-corrected chi connectivity index (χ0v) is 19.0. The van der Waals surface area contributed by atoms with Gasteiger partial charge in [0.1, 0.15) is 0 Å². The average molecular weight is 454 g/mol. The molecule has 0 saturated carbocycles. The predicted octanol–water partition coefficient (Wildman–Crippen LogP) is 8.22. The maximum atomic E-state index is 9.21. The van der Waals surface area contributed by atoms with Crippen molar-refractivity contribution in [1.82, 2.24) is 4.98 Å². The molecule has 6 rings (SSSR count). The van der Waals surface area contributed by atoms with Crippen LogP contribution in [0.4, 0.5) is 17.1 Å². The van der Waals surface area contributed by atoms with E-state index in [1.807, 2.05) is 17.8 Å². The van der Waals surface area contributed by atoms with Crippen molar-refractivity contribution in [3.8, 4) is 28.5 Å². The van der Waals surface area contributed by atoms with E-state index in [1.54, 1.807) is 12.3 Å². The maximum absolute atomic E-state index is 9.21. The third-order valence-corrected chi connectivity index (χ3v) is 7.09. The summed E-state index contributed by atoms with van der Waals surface area (Å²) in [4.78, 5) is 9.29. The van der Waals surface area contributed by atoms with Crippen LogP contribution in [0, 0.1) is 11.3 Å². The van der Waals surface area contributed by atoms with Gasteiger partial charge in [0.15, 0.2) is 0 Å². The van der Waals surface area contributed by atoms with E-state index in [1.165, 1.54) is 21.2 Å². The molecule has 1 aromatic heterocycles. The van der Waals surface area contributed by atoms with Gasteiger partial charge >= 0.3 is 0 Å². The number of hydrogen-bond acceptors (Lipinski definition) is 4. The van der Waals surface area contributed by atoms with Gasteiger partial charge in [0.2, 0.25) is 0 Å². The average Bonchev–Trinajstić information content (AvgIpc) is 2.92. The van der Waals surface area contributed by atoms with Crippen LogP contribution in [0.1, 0.15) is 5.56 Å². The van der Waals surface area contributed by atoms with Crippen LogP contribution in [-0.4, -0.2) is 4.98 Å². The highest BCUT2D eigenvalue weighted by Gasteiger charge is 2.25. The highest BCUT2D eigenvalue weighted by Crippen LogP contribution is 2.52. The second-order valence-electron chi connectivity index (χ2n) is 8.01. The quantitative estimate of drug-likeness (QED) is 0.271. The molecule has 1 aliphatic heterocycles. The molecule has 160 valence electrons. The summed E-state index contributed by atoms with van der Waals surface area (Å²) >= 11 is 1.81. The number of aromatic nitrogens is 1. The molecule has 0 bridgehead atoms. The number of fused-ring (bicyclic) bond motifs is 2. The molecule has 0 saturated heterocycles. The van der Waals surface area contributed by atoms with Crippen molar-refractivity contribution < 1.29 is 0 Å². The number of hydrogen-bond donors (Lipinski definition) is 0. The summed E-state index contributed by atoms with van der Waals surface area (Å²) in [7, 11) is 0. The first kappa shape index (κ1) is 20.3. The van der Waals surface area contributed by atoms with Crippen molar-refractivity contribution >= 4 is 28.8 Å². The summed E-state index contributed by atoms with van der Waals surface area (Å²) < 4.78 is 0. The lowest BCUT2D eigenvalue weighted by molar-refractivity contribution is 1.17. The molecule has 5 aromatic rings. The van der Waals surface area contributed by atoms with E-state index in [9.17, 15) is 5.26 Å². The molecule has 4 aromatic carbocycles. The molecular weight excluding hydrogens is 434 g/mol. The Hall–Kier alpha value is -4.33. The summed E-state index contributed by atoms with van der Waals surface area (Å²) in [6.45, 7) is 0. The monoisotopic (exact) mass is 453 g/mol. The van der Waals surface area contributed by atoms with Gasteiger partial charge in [0.25, 0.3) is 0 Å². The van der Waals surface area contributed by atoms with Gasteiger partial charge in [-0.3, -0.25) is 4.98 Å². The minimum absolute atomic E-state index is 0.611. The highest BCUT2D eigenvalue weighted by atomic mass is 32.2. The van der Waals surface area contributed by atoms with Crippen LogP contribution < -0.4 is 4.90 Å². The van der Waals surface area contributed by atoms with E-state index in [0.29, 0.717) is 5.56 Å². The molecule has 0 radical (unpaired) electrons. The van der Waals surface area contributed by atoms with Crippen LogP contribution in [0.5, 0.6) is 0 Å². The molecule has 0 spiro atoms. The Morgan fingerprint density at radius 3 is 1.91 bits per heavy atom. The number of anilines is 3. The Labute approximate surface area is 203 Å². The topological polar surface area (TPSA) is 39.9 Å². The molecule has 34 heavy (non-hydrogen) atoms. The maximum Gasteiger partial charge on any atom is 0.0992 e. The Morgan fingerprint density at radius 1 is 0.647 bits per heavy atom. The van der Waals surface area contributed by atoms with Crippen molar-refractivity contribution in [3.63, 3.8) is 0 Å². The summed E-state index contributed by atoms with van der Waals surface area (Å²) in [5, 5.41) is 9.21. The Morgan fingerprint density at radius 2 is 1.24 bits per heavy atom. The molecule has 0 atom stereocenters. The lowest BCUT2D eigenvalue weighted by atomic mass is 9.99. The van der Waals surface area contributed by atoms with Gasteiger partial charge in [0, 0.05) is 27.1 Å². The van der Waals surface area contributed by atoms with E-state index in [0.717, 1.165) is 28.1 Å². The van der Waals surface area contributed by atoms with Crippen molar-refractivity contribution in [2.45, 2.75) is 9.79 Å². The fourth-order valence-electron chi connectivity index (χ4n) is 4.36. The third-order valence-electron chi connectivity index (χ3n) is 5.96. The fraction of sp³-hybridized carbons (Fsp3) is 0. The van der Waals surface area contributed by atoms with E-state index in [2.05, 4.69) is 113 Å².